The Hall–Kier alpha value is -0.180. The molecule has 1 nitrogen and oxygen atoms in total. The van der Waals surface area contributed by atoms with Crippen molar-refractivity contribution in [3.63, 3.8) is 0 Å². The van der Waals surface area contributed by atoms with Crippen LogP contribution in [0.3, 0.4) is 0 Å². The van der Waals surface area contributed by atoms with Crippen molar-refractivity contribution >= 4 is 23.4 Å². The number of thioether (sulfide) groups is 1. The van der Waals surface area contributed by atoms with Gasteiger partial charge in [0, 0.05) is 17.2 Å². The van der Waals surface area contributed by atoms with Gasteiger partial charge in [-0.15, -0.1) is 0 Å². The van der Waals surface area contributed by atoms with E-state index in [1.165, 1.54) is 0 Å². The molecule has 0 radical (unpaired) electrons. The molecule has 0 saturated heterocycles. The molecule has 0 aliphatic carbocycles. The monoisotopic (exact) mass is 258 g/mol. The lowest BCUT2D eigenvalue weighted by Crippen LogP contribution is -2.14. The van der Waals surface area contributed by atoms with E-state index < -0.39 is 0 Å². The maximum Gasteiger partial charge on any atom is 0.0671 e. The predicted octanol–water partition coefficient (Wildman–Crippen LogP) is 3.63. The Morgan fingerprint density at radius 3 is 2.56 bits per heavy atom. The van der Waals surface area contributed by atoms with Gasteiger partial charge in [0.2, 0.25) is 0 Å². The first-order valence-corrected chi connectivity index (χ1v) is 7.12. The van der Waals surface area contributed by atoms with Gasteiger partial charge in [-0.3, -0.25) is 0 Å². The number of aliphatic hydroxyl groups excluding tert-OH is 1. The van der Waals surface area contributed by atoms with Gasteiger partial charge in [0.05, 0.1) is 6.10 Å². The van der Waals surface area contributed by atoms with E-state index in [2.05, 4.69) is 13.8 Å². The van der Waals surface area contributed by atoms with E-state index >= 15 is 0 Å². The van der Waals surface area contributed by atoms with Gasteiger partial charge in [-0.2, -0.15) is 11.8 Å². The molecule has 1 aromatic rings. The fourth-order valence-electron chi connectivity index (χ4n) is 1.42. The Labute approximate surface area is 107 Å². The van der Waals surface area contributed by atoms with Crippen molar-refractivity contribution in [3.8, 4) is 0 Å². The average Bonchev–Trinajstić information content (AvgIpc) is 2.21. The van der Waals surface area contributed by atoms with Crippen molar-refractivity contribution in [1.82, 2.24) is 0 Å². The maximum atomic E-state index is 9.86. The fraction of sp³-hybridized carbons (Fsp3) is 0.538. The van der Waals surface area contributed by atoms with Crippen LogP contribution in [0.5, 0.6) is 0 Å². The lowest BCUT2D eigenvalue weighted by Gasteiger charge is -2.12. The molecule has 1 unspecified atom stereocenters. The second kappa shape index (κ2) is 7.21. The molecule has 3 heteroatoms. The van der Waals surface area contributed by atoms with Crippen LogP contribution in [-0.4, -0.2) is 22.7 Å². The van der Waals surface area contributed by atoms with Crippen LogP contribution in [0.1, 0.15) is 19.4 Å². The summed E-state index contributed by atoms with van der Waals surface area (Å²) < 4.78 is 0. The SMILES string of the molecule is CC(C)CSCC(O)Cc1ccccc1Cl. The Morgan fingerprint density at radius 1 is 1.25 bits per heavy atom. The highest BCUT2D eigenvalue weighted by Gasteiger charge is 2.08. The third-order valence-electron chi connectivity index (χ3n) is 2.17. The summed E-state index contributed by atoms with van der Waals surface area (Å²) in [6.07, 6.45) is 0.341. The largest absolute Gasteiger partial charge is 0.392 e. The Morgan fingerprint density at radius 2 is 1.94 bits per heavy atom. The standard InChI is InChI=1S/C13H19ClOS/c1-10(2)8-16-9-12(15)7-11-5-3-4-6-13(11)14/h3-6,10,12,15H,7-9H2,1-2H3. The molecule has 1 aromatic carbocycles. The summed E-state index contributed by atoms with van der Waals surface area (Å²) in [5.41, 5.74) is 1.03. The molecular weight excluding hydrogens is 240 g/mol. The molecular formula is C13H19ClOS. The van der Waals surface area contributed by atoms with Crippen LogP contribution in [0.2, 0.25) is 5.02 Å². The summed E-state index contributed by atoms with van der Waals surface area (Å²) in [6, 6.07) is 7.70. The van der Waals surface area contributed by atoms with Gasteiger partial charge in [-0.25, -0.2) is 0 Å². The van der Waals surface area contributed by atoms with Crippen LogP contribution in [0.15, 0.2) is 24.3 Å². The zero-order chi connectivity index (χ0) is 12.0. The summed E-state index contributed by atoms with van der Waals surface area (Å²) in [7, 11) is 0. The highest BCUT2D eigenvalue weighted by Crippen LogP contribution is 2.18. The van der Waals surface area contributed by atoms with Crippen LogP contribution in [-0.2, 0) is 6.42 Å². The van der Waals surface area contributed by atoms with E-state index in [4.69, 9.17) is 11.6 Å². The van der Waals surface area contributed by atoms with Gasteiger partial charge >= 0.3 is 0 Å². The lowest BCUT2D eigenvalue weighted by atomic mass is 10.1. The Bertz CT molecular complexity index is 315. The summed E-state index contributed by atoms with van der Waals surface area (Å²) in [5.74, 6) is 2.56. The number of aliphatic hydroxyl groups is 1. The summed E-state index contributed by atoms with van der Waals surface area (Å²) in [6.45, 7) is 4.38. The van der Waals surface area contributed by atoms with Crippen LogP contribution >= 0.6 is 23.4 Å². The zero-order valence-electron chi connectivity index (χ0n) is 9.82. The second-order valence-electron chi connectivity index (χ2n) is 4.38. The van der Waals surface area contributed by atoms with Crippen molar-refractivity contribution < 1.29 is 5.11 Å². The highest BCUT2D eigenvalue weighted by atomic mass is 35.5. The van der Waals surface area contributed by atoms with Gasteiger partial charge in [-0.05, 0) is 23.3 Å². The second-order valence-corrected chi connectivity index (χ2v) is 5.86. The third-order valence-corrected chi connectivity index (χ3v) is 4.07. The van der Waals surface area contributed by atoms with Gasteiger partial charge in [0.1, 0.15) is 0 Å². The normalized spacial score (nSPS) is 13.1. The van der Waals surface area contributed by atoms with E-state index in [9.17, 15) is 5.11 Å². The first kappa shape index (κ1) is 13.9. The van der Waals surface area contributed by atoms with Gasteiger partial charge in [0.15, 0.2) is 0 Å². The van der Waals surface area contributed by atoms with Crippen LogP contribution in [0.25, 0.3) is 0 Å². The first-order valence-electron chi connectivity index (χ1n) is 5.58. The molecule has 90 valence electrons. The van der Waals surface area contributed by atoms with E-state index in [-0.39, 0.29) is 6.10 Å². The van der Waals surface area contributed by atoms with E-state index in [0.29, 0.717) is 12.3 Å². The summed E-state index contributed by atoms with van der Waals surface area (Å²) in [5, 5.41) is 10.6. The predicted molar refractivity (Wildman–Crippen MR) is 73.3 cm³/mol. The third kappa shape index (κ3) is 5.24. The molecule has 0 heterocycles. The smallest absolute Gasteiger partial charge is 0.0671 e. The molecule has 16 heavy (non-hydrogen) atoms. The minimum atomic E-state index is -0.302. The molecule has 1 rings (SSSR count). The quantitative estimate of drug-likeness (QED) is 0.841. The maximum absolute atomic E-state index is 9.86. The molecule has 0 fully saturated rings. The molecule has 0 saturated carbocycles. The van der Waals surface area contributed by atoms with E-state index in [1.54, 1.807) is 11.8 Å². The van der Waals surface area contributed by atoms with Crippen molar-refractivity contribution in [3.05, 3.63) is 34.9 Å². The fourth-order valence-corrected chi connectivity index (χ4v) is 2.63. The summed E-state index contributed by atoms with van der Waals surface area (Å²) >= 11 is 7.84. The molecule has 0 aliphatic heterocycles. The Kier molecular flexibility index (Phi) is 6.25. The molecule has 1 N–H and O–H groups in total. The van der Waals surface area contributed by atoms with Crippen LogP contribution in [0.4, 0.5) is 0 Å². The van der Waals surface area contributed by atoms with Crippen LogP contribution < -0.4 is 0 Å². The van der Waals surface area contributed by atoms with Crippen molar-refractivity contribution in [2.45, 2.75) is 26.4 Å². The van der Waals surface area contributed by atoms with E-state index in [0.717, 1.165) is 22.1 Å². The summed E-state index contributed by atoms with van der Waals surface area (Å²) in [4.78, 5) is 0. The number of hydrogen-bond acceptors (Lipinski definition) is 2. The molecule has 0 bridgehead atoms. The lowest BCUT2D eigenvalue weighted by molar-refractivity contribution is 0.200. The number of rotatable bonds is 6. The molecule has 0 aromatic heterocycles. The molecule has 0 aliphatic rings. The van der Waals surface area contributed by atoms with Gasteiger partial charge in [-0.1, -0.05) is 43.6 Å². The average molecular weight is 259 g/mol. The topological polar surface area (TPSA) is 20.2 Å². The molecule has 0 amide bonds. The minimum absolute atomic E-state index is 0.302. The van der Waals surface area contributed by atoms with Gasteiger partial charge < -0.3 is 5.11 Å². The van der Waals surface area contributed by atoms with Crippen molar-refractivity contribution in [2.24, 2.45) is 5.92 Å². The van der Waals surface area contributed by atoms with Gasteiger partial charge in [0.25, 0.3) is 0 Å². The number of hydrogen-bond donors (Lipinski definition) is 1. The number of benzene rings is 1. The molecule has 0 spiro atoms. The Balaban J connectivity index is 2.34. The highest BCUT2D eigenvalue weighted by molar-refractivity contribution is 7.99. The number of halogens is 1. The van der Waals surface area contributed by atoms with Crippen LogP contribution in [0, 0.1) is 5.92 Å². The van der Waals surface area contributed by atoms with Crippen molar-refractivity contribution in [2.75, 3.05) is 11.5 Å². The minimum Gasteiger partial charge on any atom is -0.392 e. The van der Waals surface area contributed by atoms with E-state index in [1.807, 2.05) is 24.3 Å². The first-order chi connectivity index (χ1) is 7.59. The zero-order valence-corrected chi connectivity index (χ0v) is 11.4. The molecule has 1 atom stereocenters. The van der Waals surface area contributed by atoms with Crippen molar-refractivity contribution in [1.29, 1.82) is 0 Å².